The first-order chi connectivity index (χ1) is 9.38. The third-order valence-corrected chi connectivity index (χ3v) is 2.83. The first-order valence-electron chi connectivity index (χ1n) is 6.72. The quantitative estimate of drug-likeness (QED) is 0.573. The Morgan fingerprint density at radius 1 is 1.40 bits per heavy atom. The van der Waals surface area contributed by atoms with Crippen LogP contribution in [0.3, 0.4) is 0 Å². The number of halogens is 1. The molecule has 0 saturated heterocycles. The summed E-state index contributed by atoms with van der Waals surface area (Å²) in [6.45, 7) is 14.5. The fourth-order valence-corrected chi connectivity index (χ4v) is 1.83. The Hall–Kier alpha value is -1.48. The Balaban J connectivity index is 2.71. The van der Waals surface area contributed by atoms with E-state index in [0.29, 0.717) is 24.1 Å². The van der Waals surface area contributed by atoms with E-state index in [1.807, 2.05) is 25.3 Å². The fraction of sp³-hybridized carbons (Fsp3) is 0.438. The van der Waals surface area contributed by atoms with Gasteiger partial charge in [-0.25, -0.2) is 0 Å². The van der Waals surface area contributed by atoms with Crippen LogP contribution < -0.4 is 5.32 Å². The fourth-order valence-electron chi connectivity index (χ4n) is 1.70. The second-order valence-corrected chi connectivity index (χ2v) is 5.74. The third kappa shape index (κ3) is 6.11. The van der Waals surface area contributed by atoms with Crippen LogP contribution in [0.2, 0.25) is 0 Å². The van der Waals surface area contributed by atoms with Gasteiger partial charge in [0.05, 0.1) is 23.6 Å². The lowest BCUT2D eigenvalue weighted by Crippen LogP contribution is -2.19. The summed E-state index contributed by atoms with van der Waals surface area (Å²) in [7, 11) is 0. The van der Waals surface area contributed by atoms with Crippen molar-refractivity contribution in [2.45, 2.75) is 33.2 Å². The van der Waals surface area contributed by atoms with Crippen molar-refractivity contribution in [1.29, 1.82) is 0 Å². The molecule has 0 saturated carbocycles. The minimum Gasteiger partial charge on any atom is -0.498 e. The van der Waals surface area contributed by atoms with E-state index in [1.54, 1.807) is 0 Å². The second-order valence-electron chi connectivity index (χ2n) is 5.28. The molecule has 0 aliphatic rings. The zero-order valence-electron chi connectivity index (χ0n) is 12.4. The van der Waals surface area contributed by atoms with E-state index in [1.165, 1.54) is 0 Å². The highest BCUT2D eigenvalue weighted by Gasteiger charge is 2.14. The molecule has 3 nitrogen and oxygen atoms in total. The molecule has 1 rings (SSSR count). The summed E-state index contributed by atoms with van der Waals surface area (Å²) in [6, 6.07) is 3.96. The van der Waals surface area contributed by atoms with Gasteiger partial charge in [0.15, 0.2) is 0 Å². The van der Waals surface area contributed by atoms with E-state index in [-0.39, 0.29) is 6.04 Å². The van der Waals surface area contributed by atoms with Crippen LogP contribution in [0.5, 0.6) is 0 Å². The van der Waals surface area contributed by atoms with Crippen LogP contribution in [0.25, 0.3) is 0 Å². The number of nitrogens with zero attached hydrogens (tertiary/aromatic N) is 1. The average molecular weight is 295 g/mol. The Morgan fingerprint density at radius 2 is 2.10 bits per heavy atom. The van der Waals surface area contributed by atoms with E-state index >= 15 is 0 Å². The molecular formula is C16H23ClN2O. The van der Waals surface area contributed by atoms with Crippen molar-refractivity contribution in [3.63, 3.8) is 0 Å². The Morgan fingerprint density at radius 3 is 2.60 bits per heavy atom. The molecule has 0 bridgehead atoms. The highest BCUT2D eigenvalue weighted by molar-refractivity contribution is 6.28. The van der Waals surface area contributed by atoms with Crippen LogP contribution in [-0.2, 0) is 4.74 Å². The van der Waals surface area contributed by atoms with Gasteiger partial charge in [0.25, 0.3) is 0 Å². The number of aromatic nitrogens is 1. The number of nitrogens with one attached hydrogen (secondary N) is 1. The van der Waals surface area contributed by atoms with Crippen molar-refractivity contribution in [1.82, 2.24) is 10.3 Å². The predicted molar refractivity (Wildman–Crippen MR) is 84.4 cm³/mol. The highest BCUT2D eigenvalue weighted by atomic mass is 35.5. The van der Waals surface area contributed by atoms with Crippen molar-refractivity contribution in [3.8, 4) is 0 Å². The molecule has 0 aliphatic heterocycles. The predicted octanol–water partition coefficient (Wildman–Crippen LogP) is 4.31. The molecule has 0 fully saturated rings. The van der Waals surface area contributed by atoms with Gasteiger partial charge in [-0.2, -0.15) is 0 Å². The average Bonchev–Trinajstić information content (AvgIpc) is 2.36. The van der Waals surface area contributed by atoms with Crippen molar-refractivity contribution in [3.05, 3.63) is 53.7 Å². The molecule has 1 aromatic heterocycles. The summed E-state index contributed by atoms with van der Waals surface area (Å²) in [5, 5.41) is 3.52. The largest absolute Gasteiger partial charge is 0.498 e. The Labute approximate surface area is 126 Å². The van der Waals surface area contributed by atoms with Gasteiger partial charge in [0, 0.05) is 18.3 Å². The zero-order valence-corrected chi connectivity index (χ0v) is 13.2. The smallest absolute Gasteiger partial charge is 0.0949 e. The van der Waals surface area contributed by atoms with Crippen molar-refractivity contribution < 1.29 is 4.74 Å². The summed E-state index contributed by atoms with van der Waals surface area (Å²) >= 11 is 5.87. The first kappa shape index (κ1) is 16.6. The maximum atomic E-state index is 5.87. The van der Waals surface area contributed by atoms with Crippen LogP contribution in [0, 0.1) is 12.8 Å². The van der Waals surface area contributed by atoms with Crippen molar-refractivity contribution in [2.75, 3.05) is 6.61 Å². The van der Waals surface area contributed by atoms with Gasteiger partial charge in [-0.15, -0.1) is 0 Å². The normalized spacial score (nSPS) is 12.1. The second kappa shape index (κ2) is 7.95. The molecule has 0 aliphatic carbocycles. The number of hydrogen-bond donors (Lipinski definition) is 1. The SMILES string of the molecule is C=C(Cl)NC(CC(=C)OCC(C)C)c1ccc(C)nc1. The molecule has 1 heterocycles. The topological polar surface area (TPSA) is 34.1 Å². The van der Waals surface area contributed by atoms with Gasteiger partial charge in [0.2, 0.25) is 0 Å². The van der Waals surface area contributed by atoms with Crippen molar-refractivity contribution >= 4 is 11.6 Å². The van der Waals surface area contributed by atoms with E-state index in [9.17, 15) is 0 Å². The van der Waals surface area contributed by atoms with E-state index in [0.717, 1.165) is 17.0 Å². The minimum absolute atomic E-state index is 0.0345. The van der Waals surface area contributed by atoms with Gasteiger partial charge in [-0.3, -0.25) is 4.98 Å². The monoisotopic (exact) mass is 294 g/mol. The lowest BCUT2D eigenvalue weighted by atomic mass is 10.0. The minimum atomic E-state index is -0.0345. The molecule has 1 unspecified atom stereocenters. The molecule has 4 heteroatoms. The van der Waals surface area contributed by atoms with Crippen molar-refractivity contribution in [2.24, 2.45) is 5.92 Å². The summed E-state index contributed by atoms with van der Waals surface area (Å²) in [4.78, 5) is 4.31. The van der Waals surface area contributed by atoms with Crippen LogP contribution in [0.15, 0.2) is 42.4 Å². The van der Waals surface area contributed by atoms with Gasteiger partial charge in [0.1, 0.15) is 0 Å². The van der Waals surface area contributed by atoms with Gasteiger partial charge >= 0.3 is 0 Å². The van der Waals surface area contributed by atoms with Gasteiger partial charge in [-0.1, -0.05) is 44.7 Å². The molecule has 1 N–H and O–H groups in total. The molecule has 0 aromatic carbocycles. The standard InChI is InChI=1S/C16H23ClN2O/c1-11(2)10-20-13(4)8-16(19-14(5)17)15-7-6-12(3)18-9-15/h6-7,9,11,16,19H,4-5,8,10H2,1-3H3. The summed E-state index contributed by atoms with van der Waals surface area (Å²) in [6.07, 6.45) is 2.46. The number of ether oxygens (including phenoxy) is 1. The number of aryl methyl sites for hydroxylation is 1. The highest BCUT2D eigenvalue weighted by Crippen LogP contribution is 2.22. The third-order valence-electron chi connectivity index (χ3n) is 2.72. The Kier molecular flexibility index (Phi) is 6.59. The molecule has 0 radical (unpaired) electrons. The van der Waals surface area contributed by atoms with Crippen LogP contribution in [-0.4, -0.2) is 11.6 Å². The summed E-state index contributed by atoms with van der Waals surface area (Å²) < 4.78 is 5.63. The molecule has 1 atom stereocenters. The lowest BCUT2D eigenvalue weighted by Gasteiger charge is -2.21. The summed E-state index contributed by atoms with van der Waals surface area (Å²) in [5.41, 5.74) is 2.01. The molecule has 1 aromatic rings. The van der Waals surface area contributed by atoms with E-state index < -0.39 is 0 Å². The molecule has 110 valence electrons. The van der Waals surface area contributed by atoms with Gasteiger partial charge in [-0.05, 0) is 24.5 Å². The van der Waals surface area contributed by atoms with Gasteiger partial charge < -0.3 is 10.1 Å². The maximum Gasteiger partial charge on any atom is 0.0949 e. The van der Waals surface area contributed by atoms with Crippen LogP contribution in [0.1, 0.15) is 37.6 Å². The molecule has 20 heavy (non-hydrogen) atoms. The van der Waals surface area contributed by atoms with E-state index in [2.05, 4.69) is 37.3 Å². The molecular weight excluding hydrogens is 272 g/mol. The molecule has 0 amide bonds. The van der Waals surface area contributed by atoms with Crippen LogP contribution in [0.4, 0.5) is 0 Å². The van der Waals surface area contributed by atoms with Crippen LogP contribution >= 0.6 is 11.6 Å². The zero-order chi connectivity index (χ0) is 15.1. The number of pyridine rings is 1. The Bertz CT molecular complexity index is 454. The number of hydrogen-bond acceptors (Lipinski definition) is 3. The first-order valence-corrected chi connectivity index (χ1v) is 7.10. The van der Waals surface area contributed by atoms with E-state index in [4.69, 9.17) is 16.3 Å². The lowest BCUT2D eigenvalue weighted by molar-refractivity contribution is 0.167. The molecule has 0 spiro atoms. The number of rotatable bonds is 8. The maximum absolute atomic E-state index is 5.87. The summed E-state index contributed by atoms with van der Waals surface area (Å²) in [5.74, 6) is 1.21.